The molecule has 35 heavy (non-hydrogen) atoms. The Hall–Kier alpha value is -4.57. The normalized spacial score (nSPS) is 10.8. The lowest BCUT2D eigenvalue weighted by Gasteiger charge is -2.13. The van der Waals surface area contributed by atoms with E-state index in [1.807, 2.05) is 57.2 Å². The molecule has 0 saturated heterocycles. The first-order valence-corrected chi connectivity index (χ1v) is 11.0. The van der Waals surface area contributed by atoms with Crippen LogP contribution in [0.3, 0.4) is 0 Å². The maximum atomic E-state index is 12.5. The van der Waals surface area contributed by atoms with Crippen molar-refractivity contribution >= 4 is 29.3 Å². The standard InChI is InChI=1S/C28H27N3O4/c1-18-8-11-23(12-9-18)30-28(33)22(16-29)14-21-10-13-25(26(15-21)34-4)35-17-27(32)31-24-7-5-6-19(2)20(24)3/h5-15H,17H2,1-4H3,(H,30,33)(H,31,32)/b22-14-. The second-order valence-electron chi connectivity index (χ2n) is 7.98. The van der Waals surface area contributed by atoms with Gasteiger partial charge in [0.25, 0.3) is 11.8 Å². The highest BCUT2D eigenvalue weighted by Crippen LogP contribution is 2.29. The third-order valence-electron chi connectivity index (χ3n) is 5.41. The van der Waals surface area contributed by atoms with Gasteiger partial charge in [-0.05, 0) is 73.9 Å². The molecule has 3 aromatic carbocycles. The minimum absolute atomic E-state index is 0.0609. The molecule has 178 valence electrons. The summed E-state index contributed by atoms with van der Waals surface area (Å²) < 4.78 is 11.0. The van der Waals surface area contributed by atoms with Crippen molar-refractivity contribution in [1.29, 1.82) is 5.26 Å². The van der Waals surface area contributed by atoms with Crippen molar-refractivity contribution in [3.63, 3.8) is 0 Å². The number of aryl methyl sites for hydroxylation is 2. The summed E-state index contributed by atoms with van der Waals surface area (Å²) in [6, 6.07) is 19.9. The molecule has 2 amide bonds. The van der Waals surface area contributed by atoms with Crippen molar-refractivity contribution in [2.75, 3.05) is 24.4 Å². The van der Waals surface area contributed by atoms with E-state index < -0.39 is 5.91 Å². The van der Waals surface area contributed by atoms with Crippen molar-refractivity contribution in [2.24, 2.45) is 0 Å². The number of carbonyl (C=O) groups is 2. The quantitative estimate of drug-likeness (QED) is 0.350. The average molecular weight is 470 g/mol. The molecule has 0 fully saturated rings. The molecule has 7 nitrogen and oxygen atoms in total. The molecule has 0 spiro atoms. The van der Waals surface area contributed by atoms with E-state index in [1.54, 1.807) is 30.3 Å². The van der Waals surface area contributed by atoms with Gasteiger partial charge in [0.05, 0.1) is 7.11 Å². The Morgan fingerprint density at radius 3 is 2.40 bits per heavy atom. The van der Waals surface area contributed by atoms with Gasteiger partial charge in [-0.2, -0.15) is 5.26 Å². The Morgan fingerprint density at radius 2 is 1.71 bits per heavy atom. The van der Waals surface area contributed by atoms with E-state index in [9.17, 15) is 14.9 Å². The van der Waals surface area contributed by atoms with Crippen LogP contribution < -0.4 is 20.1 Å². The molecule has 0 aromatic heterocycles. The number of nitrogens with zero attached hydrogens (tertiary/aromatic N) is 1. The highest BCUT2D eigenvalue weighted by molar-refractivity contribution is 6.09. The topological polar surface area (TPSA) is 100 Å². The number of nitrogens with one attached hydrogen (secondary N) is 2. The van der Waals surface area contributed by atoms with Crippen LogP contribution in [0.1, 0.15) is 22.3 Å². The second kappa shape index (κ2) is 11.5. The molecule has 0 bridgehead atoms. The van der Waals surface area contributed by atoms with Gasteiger partial charge < -0.3 is 20.1 Å². The monoisotopic (exact) mass is 469 g/mol. The lowest BCUT2D eigenvalue weighted by atomic mass is 10.1. The average Bonchev–Trinajstić information content (AvgIpc) is 2.85. The van der Waals surface area contributed by atoms with E-state index >= 15 is 0 Å². The van der Waals surface area contributed by atoms with E-state index in [0.29, 0.717) is 22.7 Å². The van der Waals surface area contributed by atoms with Gasteiger partial charge in [0.2, 0.25) is 0 Å². The molecule has 0 aliphatic carbocycles. The minimum Gasteiger partial charge on any atom is -0.493 e. The van der Waals surface area contributed by atoms with Crippen LogP contribution in [0.25, 0.3) is 6.08 Å². The SMILES string of the molecule is COc1cc(/C=C(/C#N)C(=O)Nc2ccc(C)cc2)ccc1OCC(=O)Nc1cccc(C)c1C. The number of carbonyl (C=O) groups excluding carboxylic acids is 2. The summed E-state index contributed by atoms with van der Waals surface area (Å²) >= 11 is 0. The first-order chi connectivity index (χ1) is 16.8. The van der Waals surface area contributed by atoms with Crippen molar-refractivity contribution < 1.29 is 19.1 Å². The van der Waals surface area contributed by atoms with Crippen LogP contribution in [0.4, 0.5) is 11.4 Å². The molecule has 0 atom stereocenters. The highest BCUT2D eigenvalue weighted by Gasteiger charge is 2.13. The van der Waals surface area contributed by atoms with Crippen molar-refractivity contribution in [1.82, 2.24) is 0 Å². The second-order valence-corrected chi connectivity index (χ2v) is 7.98. The lowest BCUT2D eigenvalue weighted by Crippen LogP contribution is -2.21. The van der Waals surface area contributed by atoms with Crippen molar-refractivity contribution in [2.45, 2.75) is 20.8 Å². The fraction of sp³-hybridized carbons (Fsp3) is 0.179. The summed E-state index contributed by atoms with van der Waals surface area (Å²) in [7, 11) is 1.47. The Bertz CT molecular complexity index is 1300. The van der Waals surface area contributed by atoms with E-state index in [2.05, 4.69) is 10.6 Å². The number of amides is 2. The number of nitriles is 1. The van der Waals surface area contributed by atoms with Gasteiger partial charge in [-0.1, -0.05) is 35.9 Å². The summed E-state index contributed by atoms with van der Waals surface area (Å²) in [4.78, 5) is 24.9. The van der Waals surface area contributed by atoms with Crippen LogP contribution in [0, 0.1) is 32.1 Å². The molecule has 7 heteroatoms. The van der Waals surface area contributed by atoms with Gasteiger partial charge in [-0.15, -0.1) is 0 Å². The fourth-order valence-electron chi connectivity index (χ4n) is 3.26. The van der Waals surface area contributed by atoms with Crippen molar-refractivity contribution in [3.8, 4) is 17.6 Å². The van der Waals surface area contributed by atoms with E-state index in [1.165, 1.54) is 13.2 Å². The van der Waals surface area contributed by atoms with Gasteiger partial charge in [-0.25, -0.2) is 0 Å². The molecule has 2 N–H and O–H groups in total. The third-order valence-corrected chi connectivity index (χ3v) is 5.41. The maximum absolute atomic E-state index is 12.5. The summed E-state index contributed by atoms with van der Waals surface area (Å²) in [6.45, 7) is 5.66. The van der Waals surface area contributed by atoms with Gasteiger partial charge in [-0.3, -0.25) is 9.59 Å². The Kier molecular flexibility index (Phi) is 8.25. The Balaban J connectivity index is 1.68. The minimum atomic E-state index is -0.515. The zero-order chi connectivity index (χ0) is 25.4. The van der Waals surface area contributed by atoms with E-state index in [4.69, 9.17) is 9.47 Å². The maximum Gasteiger partial charge on any atom is 0.266 e. The largest absolute Gasteiger partial charge is 0.493 e. The molecule has 0 radical (unpaired) electrons. The van der Waals surface area contributed by atoms with Crippen LogP contribution >= 0.6 is 0 Å². The number of anilines is 2. The lowest BCUT2D eigenvalue weighted by molar-refractivity contribution is -0.118. The molecule has 0 unspecified atom stereocenters. The van der Waals surface area contributed by atoms with Crippen LogP contribution in [0.5, 0.6) is 11.5 Å². The molecule has 0 heterocycles. The van der Waals surface area contributed by atoms with Gasteiger partial charge in [0.1, 0.15) is 11.6 Å². The number of methoxy groups -OCH3 is 1. The van der Waals surface area contributed by atoms with E-state index in [0.717, 1.165) is 22.4 Å². The molecule has 0 aliphatic heterocycles. The van der Waals surface area contributed by atoms with Crippen LogP contribution in [0.2, 0.25) is 0 Å². The zero-order valence-corrected chi connectivity index (χ0v) is 20.1. The molecule has 0 aliphatic rings. The predicted molar refractivity (Wildman–Crippen MR) is 136 cm³/mol. The summed E-state index contributed by atoms with van der Waals surface area (Å²) in [5, 5.41) is 15.0. The molecule has 3 rings (SSSR count). The van der Waals surface area contributed by atoms with Gasteiger partial charge in [0, 0.05) is 11.4 Å². The molecule has 0 saturated carbocycles. The van der Waals surface area contributed by atoms with Crippen LogP contribution in [-0.4, -0.2) is 25.5 Å². The summed E-state index contributed by atoms with van der Waals surface area (Å²) in [5.74, 6) is -0.0825. The number of ether oxygens (including phenoxy) is 2. The molecule has 3 aromatic rings. The Labute approximate surface area is 205 Å². The predicted octanol–water partition coefficient (Wildman–Crippen LogP) is 5.18. The zero-order valence-electron chi connectivity index (χ0n) is 20.1. The first kappa shape index (κ1) is 25.1. The van der Waals surface area contributed by atoms with Gasteiger partial charge >= 0.3 is 0 Å². The number of hydrogen-bond acceptors (Lipinski definition) is 5. The summed E-state index contributed by atoms with van der Waals surface area (Å²) in [5.41, 5.74) is 4.99. The van der Waals surface area contributed by atoms with Crippen LogP contribution in [-0.2, 0) is 9.59 Å². The van der Waals surface area contributed by atoms with Crippen LogP contribution in [0.15, 0.2) is 66.2 Å². The van der Waals surface area contributed by atoms with Gasteiger partial charge in [0.15, 0.2) is 18.1 Å². The molecular weight excluding hydrogens is 442 g/mol. The third kappa shape index (κ3) is 6.71. The first-order valence-electron chi connectivity index (χ1n) is 11.0. The number of benzene rings is 3. The smallest absolute Gasteiger partial charge is 0.266 e. The van der Waals surface area contributed by atoms with Crippen molar-refractivity contribution in [3.05, 3.63) is 88.5 Å². The fourth-order valence-corrected chi connectivity index (χ4v) is 3.26. The number of rotatable bonds is 8. The number of hydrogen-bond donors (Lipinski definition) is 2. The Morgan fingerprint density at radius 1 is 0.971 bits per heavy atom. The van der Waals surface area contributed by atoms with E-state index in [-0.39, 0.29) is 18.1 Å². The molecular formula is C28H27N3O4. The highest BCUT2D eigenvalue weighted by atomic mass is 16.5. The summed E-state index contributed by atoms with van der Waals surface area (Å²) in [6.07, 6.45) is 1.46.